The minimum Gasteiger partial charge on any atom is -0.496 e. The second-order valence-corrected chi connectivity index (χ2v) is 4.13. The van der Waals surface area contributed by atoms with Gasteiger partial charge >= 0.3 is 5.97 Å². The molecule has 0 aliphatic heterocycles. The zero-order valence-corrected chi connectivity index (χ0v) is 11.5. The van der Waals surface area contributed by atoms with E-state index in [9.17, 15) is 9.59 Å². The van der Waals surface area contributed by atoms with E-state index in [1.165, 1.54) is 14.0 Å². The number of hydrogen-bond acceptors (Lipinski definition) is 3. The SMILES string of the molecule is COc1ccc(C#CCCNC(C)=O)cc1CC(=O)O. The Kier molecular flexibility index (Phi) is 6.11. The highest BCUT2D eigenvalue weighted by atomic mass is 16.5. The standard InChI is InChI=1S/C15H17NO4/c1-11(17)16-8-4-3-5-12-6-7-14(20-2)13(9-12)10-15(18)19/h6-7,9H,4,8,10H2,1-2H3,(H,16,17)(H,18,19). The largest absolute Gasteiger partial charge is 0.496 e. The molecule has 2 N–H and O–H groups in total. The number of amides is 1. The van der Waals surface area contributed by atoms with Gasteiger partial charge in [-0.2, -0.15) is 0 Å². The number of carboxylic acid groups (broad SMARTS) is 1. The molecular weight excluding hydrogens is 258 g/mol. The highest BCUT2D eigenvalue weighted by molar-refractivity contribution is 5.72. The summed E-state index contributed by atoms with van der Waals surface area (Å²) >= 11 is 0. The lowest BCUT2D eigenvalue weighted by atomic mass is 10.1. The van der Waals surface area contributed by atoms with E-state index in [2.05, 4.69) is 17.2 Å². The Morgan fingerprint density at radius 2 is 2.15 bits per heavy atom. The average Bonchev–Trinajstić information content (AvgIpc) is 2.37. The van der Waals surface area contributed by atoms with E-state index in [1.54, 1.807) is 18.2 Å². The van der Waals surface area contributed by atoms with Crippen molar-refractivity contribution in [2.24, 2.45) is 0 Å². The van der Waals surface area contributed by atoms with Gasteiger partial charge in [0.2, 0.25) is 5.91 Å². The van der Waals surface area contributed by atoms with E-state index in [0.717, 1.165) is 5.56 Å². The minimum atomic E-state index is -0.918. The molecule has 0 radical (unpaired) electrons. The van der Waals surface area contributed by atoms with Gasteiger partial charge in [-0.05, 0) is 18.2 Å². The lowest BCUT2D eigenvalue weighted by molar-refractivity contribution is -0.136. The number of aliphatic carboxylic acids is 1. The fourth-order valence-electron chi connectivity index (χ4n) is 1.62. The highest BCUT2D eigenvalue weighted by Gasteiger charge is 2.07. The van der Waals surface area contributed by atoms with Crippen LogP contribution in [0.5, 0.6) is 5.75 Å². The third-order valence-electron chi connectivity index (χ3n) is 2.48. The van der Waals surface area contributed by atoms with Gasteiger partial charge < -0.3 is 15.2 Å². The first kappa shape index (κ1) is 15.6. The molecule has 1 amide bonds. The van der Waals surface area contributed by atoms with Crippen LogP contribution in [-0.2, 0) is 16.0 Å². The summed E-state index contributed by atoms with van der Waals surface area (Å²) in [4.78, 5) is 21.4. The van der Waals surface area contributed by atoms with Crippen molar-refractivity contribution in [1.29, 1.82) is 0 Å². The van der Waals surface area contributed by atoms with Crippen LogP contribution in [0.3, 0.4) is 0 Å². The number of ether oxygens (including phenoxy) is 1. The van der Waals surface area contributed by atoms with Gasteiger partial charge in [0.05, 0.1) is 13.5 Å². The predicted octanol–water partition coefficient (Wildman–Crippen LogP) is 1.20. The Labute approximate surface area is 117 Å². The van der Waals surface area contributed by atoms with Gasteiger partial charge in [-0.3, -0.25) is 9.59 Å². The van der Waals surface area contributed by atoms with Crippen molar-refractivity contribution in [3.63, 3.8) is 0 Å². The van der Waals surface area contributed by atoms with Gasteiger partial charge in [0.25, 0.3) is 0 Å². The molecule has 0 unspecified atom stereocenters. The molecule has 0 aliphatic rings. The monoisotopic (exact) mass is 275 g/mol. The zero-order chi connectivity index (χ0) is 15.0. The van der Waals surface area contributed by atoms with E-state index in [0.29, 0.717) is 24.3 Å². The normalized spacial score (nSPS) is 9.30. The number of rotatable bonds is 5. The fourth-order valence-corrected chi connectivity index (χ4v) is 1.62. The predicted molar refractivity (Wildman–Crippen MR) is 74.5 cm³/mol. The number of hydrogen-bond donors (Lipinski definition) is 2. The Bertz CT molecular complexity index is 555. The number of methoxy groups -OCH3 is 1. The maximum atomic E-state index is 10.8. The van der Waals surface area contributed by atoms with E-state index in [-0.39, 0.29) is 12.3 Å². The molecule has 1 aromatic carbocycles. The van der Waals surface area contributed by atoms with E-state index < -0.39 is 5.97 Å². The van der Waals surface area contributed by atoms with Crippen LogP contribution in [0, 0.1) is 11.8 Å². The van der Waals surface area contributed by atoms with Gasteiger partial charge in [0.1, 0.15) is 5.75 Å². The van der Waals surface area contributed by atoms with Crippen LogP contribution in [0.25, 0.3) is 0 Å². The van der Waals surface area contributed by atoms with Crippen LogP contribution in [-0.4, -0.2) is 30.6 Å². The minimum absolute atomic E-state index is 0.0833. The molecule has 5 heteroatoms. The van der Waals surface area contributed by atoms with Crippen LogP contribution in [0.2, 0.25) is 0 Å². The van der Waals surface area contributed by atoms with Gasteiger partial charge in [-0.25, -0.2) is 0 Å². The van der Waals surface area contributed by atoms with Crippen LogP contribution >= 0.6 is 0 Å². The molecule has 106 valence electrons. The molecule has 0 atom stereocenters. The average molecular weight is 275 g/mol. The van der Waals surface area contributed by atoms with Crippen molar-refractivity contribution in [2.75, 3.05) is 13.7 Å². The summed E-state index contributed by atoms with van der Waals surface area (Å²) in [6.07, 6.45) is 0.435. The molecule has 0 saturated carbocycles. The molecule has 1 aromatic rings. The number of benzene rings is 1. The third-order valence-corrected chi connectivity index (χ3v) is 2.48. The maximum absolute atomic E-state index is 10.8. The van der Waals surface area contributed by atoms with Crippen LogP contribution < -0.4 is 10.1 Å². The molecule has 20 heavy (non-hydrogen) atoms. The number of carbonyl (C=O) groups excluding carboxylic acids is 1. The van der Waals surface area contributed by atoms with Crippen LogP contribution in [0.1, 0.15) is 24.5 Å². The molecule has 0 bridgehead atoms. The molecule has 0 saturated heterocycles. The topological polar surface area (TPSA) is 75.6 Å². The number of carboxylic acids is 1. The first-order chi connectivity index (χ1) is 9.52. The summed E-state index contributed by atoms with van der Waals surface area (Å²) in [5, 5.41) is 11.5. The number of nitrogens with one attached hydrogen (secondary N) is 1. The lowest BCUT2D eigenvalue weighted by Gasteiger charge is -2.06. The smallest absolute Gasteiger partial charge is 0.307 e. The Balaban J connectivity index is 2.74. The molecule has 0 aliphatic carbocycles. The summed E-state index contributed by atoms with van der Waals surface area (Å²) < 4.78 is 5.11. The van der Waals surface area contributed by atoms with Crippen molar-refractivity contribution in [2.45, 2.75) is 19.8 Å². The maximum Gasteiger partial charge on any atom is 0.307 e. The molecular formula is C15H17NO4. The summed E-state index contributed by atoms with van der Waals surface area (Å²) in [6.45, 7) is 1.95. The summed E-state index contributed by atoms with van der Waals surface area (Å²) in [5.41, 5.74) is 1.32. The number of carbonyl (C=O) groups is 2. The molecule has 1 rings (SSSR count). The van der Waals surface area contributed by atoms with Crippen molar-refractivity contribution in [3.8, 4) is 17.6 Å². The van der Waals surface area contributed by atoms with Gasteiger partial charge in [0.15, 0.2) is 0 Å². The second-order valence-electron chi connectivity index (χ2n) is 4.13. The van der Waals surface area contributed by atoms with Crippen molar-refractivity contribution in [1.82, 2.24) is 5.32 Å². The van der Waals surface area contributed by atoms with Gasteiger partial charge in [0, 0.05) is 31.0 Å². The van der Waals surface area contributed by atoms with Crippen LogP contribution in [0.15, 0.2) is 18.2 Å². The fraction of sp³-hybridized carbons (Fsp3) is 0.333. The summed E-state index contributed by atoms with van der Waals surface area (Å²) in [7, 11) is 1.50. The first-order valence-electron chi connectivity index (χ1n) is 6.15. The van der Waals surface area contributed by atoms with Gasteiger partial charge in [-0.1, -0.05) is 11.8 Å². The summed E-state index contributed by atoms with van der Waals surface area (Å²) in [6, 6.07) is 5.18. The molecule has 0 heterocycles. The molecule has 0 fully saturated rings. The first-order valence-corrected chi connectivity index (χ1v) is 6.15. The Hall–Kier alpha value is -2.48. The third kappa shape index (κ3) is 5.44. The molecule has 0 aromatic heterocycles. The van der Waals surface area contributed by atoms with Crippen molar-refractivity contribution < 1.29 is 19.4 Å². The quantitative estimate of drug-likeness (QED) is 0.625. The Morgan fingerprint density at radius 1 is 1.40 bits per heavy atom. The van der Waals surface area contributed by atoms with Crippen LogP contribution in [0.4, 0.5) is 0 Å². The molecule has 0 spiro atoms. The lowest BCUT2D eigenvalue weighted by Crippen LogP contribution is -2.20. The van der Waals surface area contributed by atoms with Crippen molar-refractivity contribution >= 4 is 11.9 Å². The zero-order valence-electron chi connectivity index (χ0n) is 11.5. The van der Waals surface area contributed by atoms with Crippen molar-refractivity contribution in [3.05, 3.63) is 29.3 Å². The van der Waals surface area contributed by atoms with E-state index in [1.807, 2.05) is 0 Å². The van der Waals surface area contributed by atoms with E-state index >= 15 is 0 Å². The Morgan fingerprint density at radius 3 is 2.75 bits per heavy atom. The molecule has 5 nitrogen and oxygen atoms in total. The van der Waals surface area contributed by atoms with E-state index in [4.69, 9.17) is 9.84 Å². The highest BCUT2D eigenvalue weighted by Crippen LogP contribution is 2.20. The van der Waals surface area contributed by atoms with Gasteiger partial charge in [-0.15, -0.1) is 0 Å². The summed E-state index contributed by atoms with van der Waals surface area (Å²) in [5.74, 6) is 5.39. The second kappa shape index (κ2) is 7.85.